The molecule has 0 spiro atoms. The summed E-state index contributed by atoms with van der Waals surface area (Å²) in [7, 11) is -1.31. The fourth-order valence-corrected chi connectivity index (χ4v) is 4.39. The Labute approximate surface area is 199 Å². The highest BCUT2D eigenvalue weighted by Gasteiger charge is 2.31. The lowest BCUT2D eigenvalue weighted by molar-refractivity contribution is 0.0982. The maximum atomic E-state index is 12.8. The molecular formula is C22H17ClN4O6S. The first-order valence-electron chi connectivity index (χ1n) is 9.68. The number of aromatic nitrogens is 2. The molecule has 0 saturated carbocycles. The van der Waals surface area contributed by atoms with Crippen LogP contribution < -0.4 is 19.5 Å². The second-order valence-corrected chi connectivity index (χ2v) is 8.99. The summed E-state index contributed by atoms with van der Waals surface area (Å²) in [4.78, 5) is 33.1. The molecule has 0 saturated heterocycles. The van der Waals surface area contributed by atoms with Gasteiger partial charge in [-0.15, -0.1) is 0 Å². The monoisotopic (exact) mass is 500 g/mol. The zero-order chi connectivity index (χ0) is 24.5. The van der Waals surface area contributed by atoms with Gasteiger partial charge in [0.2, 0.25) is 17.4 Å². The quantitative estimate of drug-likeness (QED) is 0.500. The zero-order valence-corrected chi connectivity index (χ0v) is 19.4. The van der Waals surface area contributed by atoms with E-state index in [-0.39, 0.29) is 44.5 Å². The largest absolute Gasteiger partial charge is 0.481 e. The molecular weight excluding hydrogens is 484 g/mol. The van der Waals surface area contributed by atoms with E-state index in [1.165, 1.54) is 50.6 Å². The number of fused-ring (bicyclic) bond motifs is 1. The molecule has 3 aromatic rings. The highest BCUT2D eigenvalue weighted by molar-refractivity contribution is 7.92. The molecule has 1 aliphatic rings. The third-order valence-electron chi connectivity index (χ3n) is 4.81. The van der Waals surface area contributed by atoms with Crippen molar-refractivity contribution in [2.75, 3.05) is 24.3 Å². The van der Waals surface area contributed by atoms with Crippen molar-refractivity contribution in [3.63, 3.8) is 0 Å². The van der Waals surface area contributed by atoms with Crippen LogP contribution in [-0.4, -0.2) is 44.2 Å². The molecule has 2 N–H and O–H groups in total. The third-order valence-corrected chi connectivity index (χ3v) is 6.54. The number of halogens is 1. The van der Waals surface area contributed by atoms with Crippen LogP contribution in [0, 0.1) is 0 Å². The number of ketones is 2. The van der Waals surface area contributed by atoms with Gasteiger partial charge in [0.05, 0.1) is 19.1 Å². The molecule has 12 heteroatoms. The third kappa shape index (κ3) is 4.43. The fraction of sp³-hybridized carbons (Fsp3) is 0.0909. The Kier molecular flexibility index (Phi) is 6.22. The number of benzene rings is 2. The number of anilines is 2. The number of nitrogens with zero attached hydrogens (tertiary/aromatic N) is 2. The minimum atomic E-state index is -4.02. The number of ether oxygens (including phenoxy) is 2. The van der Waals surface area contributed by atoms with E-state index in [2.05, 4.69) is 20.0 Å². The summed E-state index contributed by atoms with van der Waals surface area (Å²) < 4.78 is 37.8. The second kappa shape index (κ2) is 9.12. The van der Waals surface area contributed by atoms with Crippen LogP contribution >= 0.6 is 11.6 Å². The first kappa shape index (κ1) is 23.2. The average molecular weight is 501 g/mol. The number of nitrogens with one attached hydrogen (secondary N) is 2. The number of sulfonamides is 1. The normalized spacial score (nSPS) is 13.4. The number of hydrogen-bond acceptors (Lipinski definition) is 9. The van der Waals surface area contributed by atoms with Crippen LogP contribution in [0.2, 0.25) is 0 Å². The van der Waals surface area contributed by atoms with E-state index in [0.29, 0.717) is 5.69 Å². The summed E-state index contributed by atoms with van der Waals surface area (Å²) >= 11 is 6.16. The molecule has 34 heavy (non-hydrogen) atoms. The van der Waals surface area contributed by atoms with Crippen molar-refractivity contribution in [1.29, 1.82) is 0 Å². The molecule has 10 nitrogen and oxygen atoms in total. The molecule has 174 valence electrons. The molecule has 0 radical (unpaired) electrons. The van der Waals surface area contributed by atoms with Crippen LogP contribution in [0.5, 0.6) is 11.9 Å². The van der Waals surface area contributed by atoms with E-state index in [1.54, 1.807) is 18.2 Å². The standard InChI is InChI=1S/C22H17ClN4O6S/c1-32-17-11-16(25-22(26-17)33-2)27-34(30,31)13-9-7-12(8-10-13)24-19-18(23)20(28)14-5-3-4-6-15(14)21(19)29/h3-11,24H,1-2H3,(H,25,26,27). The van der Waals surface area contributed by atoms with Gasteiger partial charge in [-0.25, -0.2) is 8.42 Å². The topological polar surface area (TPSA) is 137 Å². The van der Waals surface area contributed by atoms with E-state index in [4.69, 9.17) is 21.1 Å². The number of rotatable bonds is 7. The van der Waals surface area contributed by atoms with Crippen LogP contribution in [0.25, 0.3) is 0 Å². The van der Waals surface area contributed by atoms with Crippen molar-refractivity contribution < 1.29 is 27.5 Å². The molecule has 1 aromatic heterocycles. The van der Waals surface area contributed by atoms with Gasteiger partial charge in [0.15, 0.2) is 5.82 Å². The molecule has 0 unspecified atom stereocenters. The molecule has 0 bridgehead atoms. The van der Waals surface area contributed by atoms with Gasteiger partial charge in [-0.2, -0.15) is 9.97 Å². The lowest BCUT2D eigenvalue weighted by Crippen LogP contribution is -2.24. The fourth-order valence-electron chi connectivity index (χ4n) is 3.17. The molecule has 0 aliphatic heterocycles. The summed E-state index contributed by atoms with van der Waals surface area (Å²) in [5.74, 6) is -0.848. The number of methoxy groups -OCH3 is 2. The van der Waals surface area contributed by atoms with Gasteiger partial charge in [0, 0.05) is 22.9 Å². The average Bonchev–Trinajstić information content (AvgIpc) is 2.85. The number of Topliss-reactive ketones (excluding diaryl/α,β-unsaturated/α-hetero) is 2. The summed E-state index contributed by atoms with van der Waals surface area (Å²) in [5.41, 5.74) is 0.740. The molecule has 0 amide bonds. The van der Waals surface area contributed by atoms with Gasteiger partial charge in [0.25, 0.3) is 10.0 Å². The number of carbonyl (C=O) groups excluding carboxylic acids is 2. The number of hydrogen-bond donors (Lipinski definition) is 2. The molecule has 0 fully saturated rings. The second-order valence-electron chi connectivity index (χ2n) is 6.93. The Bertz CT molecular complexity index is 1420. The smallest absolute Gasteiger partial charge is 0.321 e. The zero-order valence-electron chi connectivity index (χ0n) is 17.8. The van der Waals surface area contributed by atoms with E-state index < -0.39 is 21.6 Å². The van der Waals surface area contributed by atoms with E-state index in [1.807, 2.05) is 0 Å². The van der Waals surface area contributed by atoms with Crippen LogP contribution in [0.4, 0.5) is 11.5 Å². The number of carbonyl (C=O) groups is 2. The van der Waals surface area contributed by atoms with Crippen LogP contribution in [0.3, 0.4) is 0 Å². The SMILES string of the molecule is COc1cc(NS(=O)(=O)c2ccc(NC3=C(Cl)C(=O)c4ccccc4C3=O)cc2)nc(OC)n1. The Hall–Kier alpha value is -3.96. The summed E-state index contributed by atoms with van der Waals surface area (Å²) in [6.07, 6.45) is 0. The lowest BCUT2D eigenvalue weighted by atomic mass is 9.92. The molecule has 1 heterocycles. The summed E-state index contributed by atoms with van der Waals surface area (Å²) in [5, 5.41) is 2.58. The molecule has 2 aromatic carbocycles. The Morgan fingerprint density at radius 2 is 1.53 bits per heavy atom. The highest BCUT2D eigenvalue weighted by Crippen LogP contribution is 2.30. The first-order chi connectivity index (χ1) is 16.2. The van der Waals surface area contributed by atoms with Crippen LogP contribution in [0.15, 0.2) is 70.2 Å². The minimum absolute atomic E-state index is 0.0483. The van der Waals surface area contributed by atoms with Gasteiger partial charge in [-0.05, 0) is 24.3 Å². The maximum absolute atomic E-state index is 12.8. The molecule has 1 aliphatic carbocycles. The predicted molar refractivity (Wildman–Crippen MR) is 124 cm³/mol. The van der Waals surface area contributed by atoms with E-state index in [0.717, 1.165) is 0 Å². The van der Waals surface area contributed by atoms with Crippen LogP contribution in [0.1, 0.15) is 20.7 Å². The van der Waals surface area contributed by atoms with Crippen molar-refractivity contribution >= 4 is 44.7 Å². The van der Waals surface area contributed by atoms with Gasteiger partial charge in [-0.1, -0.05) is 35.9 Å². The maximum Gasteiger partial charge on any atom is 0.321 e. The van der Waals surface area contributed by atoms with Crippen molar-refractivity contribution in [3.8, 4) is 11.9 Å². The van der Waals surface area contributed by atoms with E-state index >= 15 is 0 Å². The van der Waals surface area contributed by atoms with Gasteiger partial charge < -0.3 is 14.8 Å². The Balaban J connectivity index is 1.56. The Morgan fingerprint density at radius 3 is 2.15 bits per heavy atom. The van der Waals surface area contributed by atoms with Gasteiger partial charge >= 0.3 is 6.01 Å². The Morgan fingerprint density at radius 1 is 0.882 bits per heavy atom. The van der Waals surface area contributed by atoms with Crippen molar-refractivity contribution in [1.82, 2.24) is 9.97 Å². The van der Waals surface area contributed by atoms with E-state index in [9.17, 15) is 18.0 Å². The number of allylic oxidation sites excluding steroid dienone is 2. The van der Waals surface area contributed by atoms with Crippen LogP contribution in [-0.2, 0) is 10.0 Å². The van der Waals surface area contributed by atoms with Gasteiger partial charge in [-0.3, -0.25) is 14.3 Å². The summed E-state index contributed by atoms with van der Waals surface area (Å²) in [6.45, 7) is 0. The molecule has 4 rings (SSSR count). The summed E-state index contributed by atoms with van der Waals surface area (Å²) in [6, 6.07) is 13.1. The predicted octanol–water partition coefficient (Wildman–Crippen LogP) is 3.24. The van der Waals surface area contributed by atoms with Crippen molar-refractivity contribution in [2.45, 2.75) is 4.90 Å². The van der Waals surface area contributed by atoms with Crippen molar-refractivity contribution in [3.05, 3.63) is 76.5 Å². The van der Waals surface area contributed by atoms with Crippen molar-refractivity contribution in [2.24, 2.45) is 0 Å². The molecule has 0 atom stereocenters. The minimum Gasteiger partial charge on any atom is -0.481 e. The van der Waals surface area contributed by atoms with Gasteiger partial charge in [0.1, 0.15) is 10.7 Å². The first-order valence-corrected chi connectivity index (χ1v) is 11.5. The highest BCUT2D eigenvalue weighted by atomic mass is 35.5. The lowest BCUT2D eigenvalue weighted by Gasteiger charge is -2.19.